The van der Waals surface area contributed by atoms with Crippen LogP contribution in [0.25, 0.3) is 10.9 Å². The van der Waals surface area contributed by atoms with Crippen LogP contribution < -0.4 is 5.73 Å². The summed E-state index contributed by atoms with van der Waals surface area (Å²) in [5.74, 6) is 1.25. The van der Waals surface area contributed by atoms with E-state index in [1.165, 1.54) is 10.5 Å². The number of hydrogen-bond acceptors (Lipinski definition) is 4. The first-order valence-corrected chi connectivity index (χ1v) is 7.22. The van der Waals surface area contributed by atoms with Gasteiger partial charge in [-0.15, -0.1) is 0 Å². The summed E-state index contributed by atoms with van der Waals surface area (Å²) in [5.41, 5.74) is 8.22. The Morgan fingerprint density at radius 2 is 1.70 bits per heavy atom. The van der Waals surface area contributed by atoms with Crippen molar-refractivity contribution in [1.82, 2.24) is 9.97 Å². The number of aryl methyl sites for hydroxylation is 2. The van der Waals surface area contributed by atoms with Gasteiger partial charge in [-0.3, -0.25) is 0 Å². The Kier molecular flexibility index (Phi) is 3.32. The van der Waals surface area contributed by atoms with Crippen molar-refractivity contribution < 1.29 is 0 Å². The van der Waals surface area contributed by atoms with Crippen molar-refractivity contribution >= 4 is 28.5 Å². The summed E-state index contributed by atoms with van der Waals surface area (Å²) < 4.78 is 0. The molecule has 2 N–H and O–H groups in total. The third-order valence-corrected chi connectivity index (χ3v) is 4.14. The Morgan fingerprint density at radius 3 is 2.45 bits per heavy atom. The van der Waals surface area contributed by atoms with E-state index in [1.807, 2.05) is 19.1 Å². The van der Waals surface area contributed by atoms with Crippen molar-refractivity contribution in [1.29, 1.82) is 0 Å². The van der Waals surface area contributed by atoms with Crippen LogP contribution in [0.4, 0.5) is 5.82 Å². The number of fused-ring (bicyclic) bond motifs is 1. The number of rotatable bonds is 2. The molecule has 1 heterocycles. The number of nitrogen functional groups attached to an aromatic ring is 1. The zero-order valence-electron chi connectivity index (χ0n) is 11.4. The van der Waals surface area contributed by atoms with Gasteiger partial charge in [0.05, 0.1) is 10.9 Å². The molecule has 20 heavy (non-hydrogen) atoms. The lowest BCUT2D eigenvalue weighted by atomic mass is 10.2. The van der Waals surface area contributed by atoms with Gasteiger partial charge in [0.15, 0.2) is 0 Å². The van der Waals surface area contributed by atoms with E-state index in [9.17, 15) is 0 Å². The summed E-state index contributed by atoms with van der Waals surface area (Å²) >= 11 is 1.69. The highest BCUT2D eigenvalue weighted by molar-refractivity contribution is 7.99. The summed E-state index contributed by atoms with van der Waals surface area (Å²) in [7, 11) is 0. The summed E-state index contributed by atoms with van der Waals surface area (Å²) in [6, 6.07) is 14.5. The summed E-state index contributed by atoms with van der Waals surface area (Å²) in [5, 5.41) is 0.934. The first-order valence-electron chi connectivity index (χ1n) is 6.41. The molecular weight excluding hydrogens is 266 g/mol. The van der Waals surface area contributed by atoms with Crippen LogP contribution in [0.5, 0.6) is 0 Å². The topological polar surface area (TPSA) is 51.8 Å². The summed E-state index contributed by atoms with van der Waals surface area (Å²) in [6.07, 6.45) is 0. The Hall–Kier alpha value is -2.07. The van der Waals surface area contributed by atoms with Crippen molar-refractivity contribution in [2.45, 2.75) is 23.6 Å². The third kappa shape index (κ3) is 2.47. The normalized spacial score (nSPS) is 10.9. The first-order chi connectivity index (χ1) is 9.63. The zero-order chi connectivity index (χ0) is 14.1. The molecule has 0 amide bonds. The standard InChI is InChI=1S/C16H15N3S/c1-10-6-8-12(9-7-10)20-14-5-3-4-13-15(14)16(17)19-11(2)18-13/h3-9H,1-2H3,(H2,17,18,19). The molecular formula is C16H15N3S. The Bertz CT molecular complexity index is 767. The minimum atomic E-state index is 0.544. The molecule has 3 rings (SSSR count). The minimum Gasteiger partial charge on any atom is -0.383 e. The fraction of sp³-hybridized carbons (Fsp3) is 0.125. The molecule has 0 aliphatic rings. The van der Waals surface area contributed by atoms with E-state index >= 15 is 0 Å². The largest absolute Gasteiger partial charge is 0.383 e. The highest BCUT2D eigenvalue weighted by atomic mass is 32.2. The molecule has 0 aliphatic carbocycles. The van der Waals surface area contributed by atoms with E-state index in [2.05, 4.69) is 47.2 Å². The van der Waals surface area contributed by atoms with E-state index in [1.54, 1.807) is 11.8 Å². The monoisotopic (exact) mass is 281 g/mol. The van der Waals surface area contributed by atoms with Gasteiger partial charge in [0.25, 0.3) is 0 Å². The van der Waals surface area contributed by atoms with Crippen LogP contribution >= 0.6 is 11.8 Å². The van der Waals surface area contributed by atoms with E-state index in [-0.39, 0.29) is 0 Å². The molecule has 4 heteroatoms. The van der Waals surface area contributed by atoms with E-state index in [0.717, 1.165) is 15.8 Å². The molecule has 3 aromatic rings. The van der Waals surface area contributed by atoms with E-state index in [4.69, 9.17) is 5.73 Å². The zero-order valence-corrected chi connectivity index (χ0v) is 12.2. The van der Waals surface area contributed by atoms with Gasteiger partial charge >= 0.3 is 0 Å². The van der Waals surface area contributed by atoms with Crippen molar-refractivity contribution in [3.63, 3.8) is 0 Å². The maximum absolute atomic E-state index is 6.07. The lowest BCUT2D eigenvalue weighted by molar-refractivity contribution is 1.09. The van der Waals surface area contributed by atoms with Gasteiger partial charge in [0.2, 0.25) is 0 Å². The minimum absolute atomic E-state index is 0.544. The van der Waals surface area contributed by atoms with Crippen molar-refractivity contribution in [2.24, 2.45) is 0 Å². The van der Waals surface area contributed by atoms with Crippen molar-refractivity contribution in [3.05, 3.63) is 53.9 Å². The number of benzene rings is 2. The average Bonchev–Trinajstić information content (AvgIpc) is 2.41. The fourth-order valence-electron chi connectivity index (χ4n) is 2.12. The maximum atomic E-state index is 6.07. The van der Waals surface area contributed by atoms with Crippen LogP contribution in [0.1, 0.15) is 11.4 Å². The van der Waals surface area contributed by atoms with Gasteiger partial charge in [0.1, 0.15) is 11.6 Å². The van der Waals surface area contributed by atoms with Gasteiger partial charge in [-0.1, -0.05) is 35.5 Å². The molecule has 0 radical (unpaired) electrons. The van der Waals surface area contributed by atoms with Crippen molar-refractivity contribution in [3.8, 4) is 0 Å². The molecule has 0 saturated heterocycles. The lowest BCUT2D eigenvalue weighted by Gasteiger charge is -2.08. The van der Waals surface area contributed by atoms with Crippen LogP contribution in [0.3, 0.4) is 0 Å². The number of aromatic nitrogens is 2. The van der Waals surface area contributed by atoms with Crippen LogP contribution in [0, 0.1) is 13.8 Å². The average molecular weight is 281 g/mol. The smallest absolute Gasteiger partial charge is 0.136 e. The quantitative estimate of drug-likeness (QED) is 0.772. The Labute approximate surface area is 122 Å². The molecule has 0 atom stereocenters. The van der Waals surface area contributed by atoms with Crippen molar-refractivity contribution in [2.75, 3.05) is 5.73 Å². The molecule has 0 spiro atoms. The van der Waals surface area contributed by atoms with E-state index < -0.39 is 0 Å². The number of nitrogens with zero attached hydrogens (tertiary/aromatic N) is 2. The predicted octanol–water partition coefficient (Wildman–Crippen LogP) is 3.98. The maximum Gasteiger partial charge on any atom is 0.136 e. The second-order valence-corrected chi connectivity index (χ2v) is 5.84. The van der Waals surface area contributed by atoms with Crippen LogP contribution in [0.15, 0.2) is 52.3 Å². The molecule has 2 aromatic carbocycles. The second-order valence-electron chi connectivity index (χ2n) is 4.72. The highest BCUT2D eigenvalue weighted by Gasteiger charge is 2.09. The summed E-state index contributed by atoms with van der Waals surface area (Å²) in [6.45, 7) is 3.94. The lowest BCUT2D eigenvalue weighted by Crippen LogP contribution is -1.98. The molecule has 0 unspecified atom stereocenters. The number of hydrogen-bond donors (Lipinski definition) is 1. The number of anilines is 1. The molecule has 3 nitrogen and oxygen atoms in total. The molecule has 0 saturated carbocycles. The molecule has 100 valence electrons. The van der Waals surface area contributed by atoms with Crippen LogP contribution in [0.2, 0.25) is 0 Å². The summed E-state index contributed by atoms with van der Waals surface area (Å²) in [4.78, 5) is 11.0. The van der Waals surface area contributed by atoms with Gasteiger partial charge < -0.3 is 5.73 Å². The van der Waals surface area contributed by atoms with Gasteiger partial charge in [-0.05, 0) is 38.1 Å². The molecule has 0 fully saturated rings. The predicted molar refractivity (Wildman–Crippen MR) is 84.0 cm³/mol. The second kappa shape index (κ2) is 5.13. The Morgan fingerprint density at radius 1 is 0.950 bits per heavy atom. The fourth-order valence-corrected chi connectivity index (χ4v) is 3.10. The molecule has 0 bridgehead atoms. The first kappa shape index (κ1) is 12.9. The van der Waals surface area contributed by atoms with Gasteiger partial charge in [0, 0.05) is 9.79 Å². The third-order valence-electron chi connectivity index (χ3n) is 3.07. The van der Waals surface area contributed by atoms with E-state index in [0.29, 0.717) is 11.6 Å². The SMILES string of the molecule is Cc1ccc(Sc2cccc3nc(C)nc(N)c23)cc1. The van der Waals surface area contributed by atoms with Crippen LogP contribution in [-0.4, -0.2) is 9.97 Å². The Balaban J connectivity index is 2.09. The van der Waals surface area contributed by atoms with Gasteiger partial charge in [-0.25, -0.2) is 9.97 Å². The molecule has 1 aromatic heterocycles. The van der Waals surface area contributed by atoms with Gasteiger partial charge in [-0.2, -0.15) is 0 Å². The number of nitrogens with two attached hydrogens (primary N) is 1. The molecule has 0 aliphatic heterocycles. The van der Waals surface area contributed by atoms with Crippen LogP contribution in [-0.2, 0) is 0 Å². The highest BCUT2D eigenvalue weighted by Crippen LogP contribution is 2.35.